The number of carbonyl (C=O) groups is 1. The SMILES string of the molecule is Cc1[nH]ncc1CNC(=O)CCCc1nc2ccccc2c(=O)[nH]1. The highest BCUT2D eigenvalue weighted by Gasteiger charge is 2.07. The molecule has 0 bridgehead atoms. The van der Waals surface area contributed by atoms with E-state index in [1.165, 1.54) is 0 Å². The van der Waals surface area contributed by atoms with Gasteiger partial charge in [-0.2, -0.15) is 5.10 Å². The van der Waals surface area contributed by atoms with Gasteiger partial charge in [0, 0.05) is 30.6 Å². The molecule has 7 nitrogen and oxygen atoms in total. The molecule has 0 aliphatic rings. The van der Waals surface area contributed by atoms with E-state index in [4.69, 9.17) is 0 Å². The number of fused-ring (bicyclic) bond motifs is 1. The van der Waals surface area contributed by atoms with Crippen LogP contribution in [0.15, 0.2) is 35.3 Å². The molecule has 0 aliphatic heterocycles. The lowest BCUT2D eigenvalue weighted by molar-refractivity contribution is -0.121. The summed E-state index contributed by atoms with van der Waals surface area (Å²) in [5, 5.41) is 10.2. The highest BCUT2D eigenvalue weighted by atomic mass is 16.1. The molecule has 0 atom stereocenters. The molecule has 0 saturated heterocycles. The van der Waals surface area contributed by atoms with Crippen molar-refractivity contribution in [2.45, 2.75) is 32.7 Å². The lowest BCUT2D eigenvalue weighted by Crippen LogP contribution is -2.23. The lowest BCUT2D eigenvalue weighted by atomic mass is 10.2. The summed E-state index contributed by atoms with van der Waals surface area (Å²) in [6.07, 6.45) is 3.27. The standard InChI is InChI=1S/C17H19N5O2/c1-11-12(10-19-22-11)9-18-16(23)8-4-7-15-20-14-6-3-2-5-13(14)17(24)21-15/h2-3,5-6,10H,4,7-9H2,1H3,(H,18,23)(H,19,22)(H,20,21,24). The molecule has 0 fully saturated rings. The predicted molar refractivity (Wildman–Crippen MR) is 90.5 cm³/mol. The quantitative estimate of drug-likeness (QED) is 0.640. The van der Waals surface area contributed by atoms with Crippen LogP contribution in [0, 0.1) is 6.92 Å². The maximum absolute atomic E-state index is 12.0. The topological polar surface area (TPSA) is 104 Å². The van der Waals surface area contributed by atoms with Gasteiger partial charge >= 0.3 is 0 Å². The first-order valence-corrected chi connectivity index (χ1v) is 7.87. The third kappa shape index (κ3) is 3.68. The van der Waals surface area contributed by atoms with Gasteiger partial charge < -0.3 is 10.3 Å². The summed E-state index contributed by atoms with van der Waals surface area (Å²) in [4.78, 5) is 31.1. The molecule has 0 unspecified atom stereocenters. The lowest BCUT2D eigenvalue weighted by Gasteiger charge is -2.05. The second-order valence-corrected chi connectivity index (χ2v) is 5.68. The van der Waals surface area contributed by atoms with E-state index in [1.807, 2.05) is 25.1 Å². The second kappa shape index (κ2) is 7.08. The molecule has 1 amide bonds. The van der Waals surface area contributed by atoms with Crippen LogP contribution in [-0.4, -0.2) is 26.1 Å². The molecule has 0 radical (unpaired) electrons. The Balaban J connectivity index is 1.52. The molecule has 3 aromatic rings. The monoisotopic (exact) mass is 325 g/mol. The molecule has 7 heteroatoms. The number of nitrogens with one attached hydrogen (secondary N) is 3. The number of aromatic nitrogens is 4. The van der Waals surface area contributed by atoms with E-state index >= 15 is 0 Å². The number of hydrogen-bond donors (Lipinski definition) is 3. The van der Waals surface area contributed by atoms with Gasteiger partial charge in [-0.15, -0.1) is 0 Å². The van der Waals surface area contributed by atoms with Crippen molar-refractivity contribution < 1.29 is 4.79 Å². The molecule has 2 heterocycles. The van der Waals surface area contributed by atoms with Gasteiger partial charge in [-0.25, -0.2) is 4.98 Å². The minimum Gasteiger partial charge on any atom is -0.352 e. The van der Waals surface area contributed by atoms with Crippen LogP contribution in [0.25, 0.3) is 10.9 Å². The van der Waals surface area contributed by atoms with Gasteiger partial charge in [0.15, 0.2) is 0 Å². The fourth-order valence-corrected chi connectivity index (χ4v) is 2.51. The minimum absolute atomic E-state index is 0.0289. The van der Waals surface area contributed by atoms with E-state index in [0.717, 1.165) is 11.3 Å². The van der Waals surface area contributed by atoms with Gasteiger partial charge in [-0.3, -0.25) is 14.7 Å². The van der Waals surface area contributed by atoms with E-state index in [0.29, 0.717) is 42.5 Å². The fourth-order valence-electron chi connectivity index (χ4n) is 2.51. The third-order valence-electron chi connectivity index (χ3n) is 3.89. The first-order chi connectivity index (χ1) is 11.6. The molecule has 3 N–H and O–H groups in total. The van der Waals surface area contributed by atoms with Gasteiger partial charge in [-0.05, 0) is 25.5 Å². The zero-order chi connectivity index (χ0) is 16.9. The third-order valence-corrected chi connectivity index (χ3v) is 3.89. The van der Waals surface area contributed by atoms with E-state index in [1.54, 1.807) is 12.3 Å². The van der Waals surface area contributed by atoms with E-state index in [9.17, 15) is 9.59 Å². The Morgan fingerprint density at radius 2 is 2.12 bits per heavy atom. The largest absolute Gasteiger partial charge is 0.352 e. The van der Waals surface area contributed by atoms with Crippen molar-refractivity contribution in [2.24, 2.45) is 0 Å². The maximum atomic E-state index is 12.0. The van der Waals surface area contributed by atoms with E-state index in [2.05, 4.69) is 25.5 Å². The molecule has 124 valence electrons. The van der Waals surface area contributed by atoms with Crippen molar-refractivity contribution in [1.82, 2.24) is 25.5 Å². The van der Waals surface area contributed by atoms with Crippen molar-refractivity contribution in [3.63, 3.8) is 0 Å². The summed E-state index contributed by atoms with van der Waals surface area (Å²) < 4.78 is 0. The molecule has 1 aromatic carbocycles. The van der Waals surface area contributed by atoms with Crippen LogP contribution < -0.4 is 10.9 Å². The number of nitrogens with zero attached hydrogens (tertiary/aromatic N) is 2. The Kier molecular flexibility index (Phi) is 4.69. The van der Waals surface area contributed by atoms with Crippen LogP contribution in [0.5, 0.6) is 0 Å². The number of rotatable bonds is 6. The molecule has 0 saturated carbocycles. The Labute approximate surface area is 138 Å². The Hall–Kier alpha value is -2.96. The molecular formula is C17H19N5O2. The predicted octanol–water partition coefficient (Wildman–Crippen LogP) is 1.59. The molecule has 3 rings (SSSR count). The zero-order valence-electron chi connectivity index (χ0n) is 13.4. The summed E-state index contributed by atoms with van der Waals surface area (Å²) in [6.45, 7) is 2.38. The number of aryl methyl sites for hydroxylation is 2. The number of aromatic amines is 2. The summed E-state index contributed by atoms with van der Waals surface area (Å²) >= 11 is 0. The highest BCUT2D eigenvalue weighted by molar-refractivity contribution is 5.77. The normalized spacial score (nSPS) is 10.9. The Morgan fingerprint density at radius 1 is 1.29 bits per heavy atom. The molecule has 24 heavy (non-hydrogen) atoms. The van der Waals surface area contributed by atoms with Gasteiger partial charge in [0.2, 0.25) is 5.91 Å². The number of carbonyl (C=O) groups excluding carboxylic acids is 1. The van der Waals surface area contributed by atoms with Crippen LogP contribution in [0.2, 0.25) is 0 Å². The summed E-state index contributed by atoms with van der Waals surface area (Å²) in [5.41, 5.74) is 2.46. The van der Waals surface area contributed by atoms with Crippen molar-refractivity contribution in [3.05, 3.63) is 57.9 Å². The van der Waals surface area contributed by atoms with Crippen LogP contribution in [-0.2, 0) is 17.8 Å². The summed E-state index contributed by atoms with van der Waals surface area (Å²) in [6, 6.07) is 7.22. The number of hydrogen-bond acceptors (Lipinski definition) is 4. The molecule has 0 aliphatic carbocycles. The first-order valence-electron chi connectivity index (χ1n) is 7.87. The number of benzene rings is 1. The summed E-state index contributed by atoms with van der Waals surface area (Å²) in [5.74, 6) is 0.580. The number of H-pyrrole nitrogens is 2. The average Bonchev–Trinajstić information content (AvgIpc) is 2.98. The van der Waals surface area contributed by atoms with Gasteiger partial charge in [-0.1, -0.05) is 12.1 Å². The van der Waals surface area contributed by atoms with Crippen molar-refractivity contribution in [1.29, 1.82) is 0 Å². The van der Waals surface area contributed by atoms with Crippen molar-refractivity contribution >= 4 is 16.8 Å². The second-order valence-electron chi connectivity index (χ2n) is 5.68. The van der Waals surface area contributed by atoms with E-state index < -0.39 is 0 Å². The van der Waals surface area contributed by atoms with Gasteiger partial charge in [0.05, 0.1) is 17.1 Å². The average molecular weight is 325 g/mol. The maximum Gasteiger partial charge on any atom is 0.258 e. The first kappa shape index (κ1) is 15.9. The van der Waals surface area contributed by atoms with Crippen LogP contribution in [0.4, 0.5) is 0 Å². The molecule has 2 aromatic heterocycles. The van der Waals surface area contributed by atoms with Gasteiger partial charge in [0.25, 0.3) is 5.56 Å². The number of para-hydroxylation sites is 1. The Morgan fingerprint density at radius 3 is 2.92 bits per heavy atom. The molecule has 0 spiro atoms. The summed E-state index contributed by atoms with van der Waals surface area (Å²) in [7, 11) is 0. The fraction of sp³-hybridized carbons (Fsp3) is 0.294. The van der Waals surface area contributed by atoms with Crippen LogP contribution in [0.1, 0.15) is 29.9 Å². The number of amides is 1. The van der Waals surface area contributed by atoms with Crippen molar-refractivity contribution in [3.8, 4) is 0 Å². The zero-order valence-corrected chi connectivity index (χ0v) is 13.4. The Bertz CT molecular complexity index is 912. The van der Waals surface area contributed by atoms with Gasteiger partial charge in [0.1, 0.15) is 5.82 Å². The smallest absolute Gasteiger partial charge is 0.258 e. The van der Waals surface area contributed by atoms with Crippen molar-refractivity contribution in [2.75, 3.05) is 0 Å². The molecular weight excluding hydrogens is 306 g/mol. The van der Waals surface area contributed by atoms with Crippen LogP contribution in [0.3, 0.4) is 0 Å². The van der Waals surface area contributed by atoms with Crippen LogP contribution >= 0.6 is 0 Å². The minimum atomic E-state index is -0.143. The highest BCUT2D eigenvalue weighted by Crippen LogP contribution is 2.07. The van der Waals surface area contributed by atoms with E-state index in [-0.39, 0.29) is 11.5 Å².